The fourth-order valence-corrected chi connectivity index (χ4v) is 5.67. The second kappa shape index (κ2) is 9.04. The number of benzene rings is 1. The summed E-state index contributed by atoms with van der Waals surface area (Å²) in [6, 6.07) is 9.36. The fourth-order valence-electron chi connectivity index (χ4n) is 3.29. The summed E-state index contributed by atoms with van der Waals surface area (Å²) in [7, 11) is -4.07. The molecule has 1 aliphatic rings. The smallest absolute Gasteiger partial charge is 0.406 e. The Hall–Kier alpha value is -2.70. The number of thiazole rings is 1. The maximum atomic E-state index is 12.8. The lowest BCUT2D eigenvalue weighted by atomic mass is 9.96. The molecule has 170 valence electrons. The van der Waals surface area contributed by atoms with E-state index in [2.05, 4.69) is 19.4 Å². The van der Waals surface area contributed by atoms with Gasteiger partial charge in [0.05, 0.1) is 10.6 Å². The molecule has 3 heterocycles. The highest BCUT2D eigenvalue weighted by atomic mass is 32.2. The SMILES string of the molecule is O=S(=O)(Nc1nc(-c2ccccn2)c(C2CCOCC2)s1)c1ccc(OC(F)(F)F)cc1. The molecule has 2 aromatic heterocycles. The van der Waals surface area contributed by atoms with E-state index in [9.17, 15) is 21.6 Å². The lowest BCUT2D eigenvalue weighted by molar-refractivity contribution is -0.274. The van der Waals surface area contributed by atoms with E-state index in [1.54, 1.807) is 18.3 Å². The van der Waals surface area contributed by atoms with Crippen molar-refractivity contribution in [3.8, 4) is 17.1 Å². The zero-order valence-corrected chi connectivity index (χ0v) is 18.1. The van der Waals surface area contributed by atoms with E-state index in [1.165, 1.54) is 11.3 Å². The van der Waals surface area contributed by atoms with Gasteiger partial charge in [-0.2, -0.15) is 0 Å². The van der Waals surface area contributed by atoms with Crippen LogP contribution in [-0.4, -0.2) is 38.0 Å². The number of nitrogens with zero attached hydrogens (tertiary/aromatic N) is 2. The predicted octanol–water partition coefficient (Wildman–Crippen LogP) is 4.80. The molecule has 0 radical (unpaired) electrons. The number of hydrogen-bond donors (Lipinski definition) is 1. The summed E-state index contributed by atoms with van der Waals surface area (Å²) in [6.07, 6.45) is -1.65. The first-order valence-corrected chi connectivity index (χ1v) is 11.9. The van der Waals surface area contributed by atoms with Gasteiger partial charge in [-0.1, -0.05) is 6.07 Å². The average molecular weight is 486 g/mol. The zero-order valence-electron chi connectivity index (χ0n) is 16.5. The molecule has 0 saturated carbocycles. The Morgan fingerprint density at radius 2 is 1.81 bits per heavy atom. The third-order valence-corrected chi connectivity index (χ3v) is 7.36. The average Bonchev–Trinajstić information content (AvgIpc) is 3.17. The van der Waals surface area contributed by atoms with Crippen LogP contribution in [0.5, 0.6) is 5.75 Å². The van der Waals surface area contributed by atoms with Crippen molar-refractivity contribution in [3.05, 3.63) is 53.5 Å². The number of aromatic nitrogens is 2. The van der Waals surface area contributed by atoms with Gasteiger partial charge in [-0.3, -0.25) is 9.71 Å². The van der Waals surface area contributed by atoms with Crippen LogP contribution in [0.15, 0.2) is 53.6 Å². The second-order valence-corrected chi connectivity index (χ2v) is 9.67. The van der Waals surface area contributed by atoms with Crippen LogP contribution in [0.1, 0.15) is 23.6 Å². The monoisotopic (exact) mass is 485 g/mol. The van der Waals surface area contributed by atoms with Crippen LogP contribution in [0.2, 0.25) is 0 Å². The molecule has 0 unspecified atom stereocenters. The second-order valence-electron chi connectivity index (χ2n) is 6.96. The fraction of sp³-hybridized carbons (Fsp3) is 0.300. The Bertz CT molecular complexity index is 1160. The number of sulfonamides is 1. The summed E-state index contributed by atoms with van der Waals surface area (Å²) in [5, 5.41) is 0.155. The summed E-state index contributed by atoms with van der Waals surface area (Å²) < 4.78 is 74.2. The molecule has 1 saturated heterocycles. The first kappa shape index (κ1) is 22.5. The third kappa shape index (κ3) is 5.37. The van der Waals surface area contributed by atoms with Crippen molar-refractivity contribution in [2.75, 3.05) is 17.9 Å². The van der Waals surface area contributed by atoms with Gasteiger partial charge in [0.25, 0.3) is 10.0 Å². The highest BCUT2D eigenvalue weighted by Crippen LogP contribution is 2.40. The van der Waals surface area contributed by atoms with E-state index in [0.29, 0.717) is 24.6 Å². The Kier molecular flexibility index (Phi) is 6.35. The standard InChI is InChI=1S/C20H18F3N3O4S2/c21-20(22,23)30-14-4-6-15(7-5-14)32(27,28)26-19-25-17(16-3-1-2-10-24-16)18(31-19)13-8-11-29-12-9-13/h1-7,10,13H,8-9,11-12H2,(H,25,26). The van der Waals surface area contributed by atoms with E-state index in [-0.39, 0.29) is 15.9 Å². The minimum absolute atomic E-state index is 0.155. The summed E-state index contributed by atoms with van der Waals surface area (Å²) in [5.41, 5.74) is 1.23. The van der Waals surface area contributed by atoms with E-state index in [1.807, 2.05) is 6.07 Å². The van der Waals surface area contributed by atoms with Crippen molar-refractivity contribution < 1.29 is 31.1 Å². The molecule has 0 atom stereocenters. The number of rotatable bonds is 6. The molecular weight excluding hydrogens is 467 g/mol. The molecule has 12 heteroatoms. The number of pyridine rings is 1. The van der Waals surface area contributed by atoms with Crippen LogP contribution >= 0.6 is 11.3 Å². The summed E-state index contributed by atoms with van der Waals surface area (Å²) in [4.78, 5) is 9.53. The van der Waals surface area contributed by atoms with Crippen molar-refractivity contribution in [1.29, 1.82) is 0 Å². The number of halogens is 3. The molecule has 1 aromatic carbocycles. The molecule has 0 spiro atoms. The number of anilines is 1. The topological polar surface area (TPSA) is 90.4 Å². The van der Waals surface area contributed by atoms with Gasteiger partial charge in [-0.15, -0.1) is 24.5 Å². The highest BCUT2D eigenvalue weighted by molar-refractivity contribution is 7.93. The van der Waals surface area contributed by atoms with Crippen LogP contribution in [0.3, 0.4) is 0 Å². The highest BCUT2D eigenvalue weighted by Gasteiger charge is 2.31. The molecule has 32 heavy (non-hydrogen) atoms. The lowest BCUT2D eigenvalue weighted by Crippen LogP contribution is -2.17. The minimum atomic E-state index is -4.86. The summed E-state index contributed by atoms with van der Waals surface area (Å²) >= 11 is 1.22. The Morgan fingerprint density at radius 1 is 1.09 bits per heavy atom. The number of nitrogens with one attached hydrogen (secondary N) is 1. The van der Waals surface area contributed by atoms with Gasteiger partial charge in [-0.25, -0.2) is 13.4 Å². The van der Waals surface area contributed by atoms with Crippen LogP contribution in [-0.2, 0) is 14.8 Å². The molecule has 1 fully saturated rings. The van der Waals surface area contributed by atoms with Gasteiger partial charge < -0.3 is 9.47 Å². The molecule has 0 aliphatic carbocycles. The largest absolute Gasteiger partial charge is 0.573 e. The van der Waals surface area contributed by atoms with E-state index < -0.39 is 22.1 Å². The molecule has 0 amide bonds. The van der Waals surface area contributed by atoms with Crippen molar-refractivity contribution in [2.24, 2.45) is 0 Å². The van der Waals surface area contributed by atoms with Gasteiger partial charge in [0.1, 0.15) is 11.4 Å². The van der Waals surface area contributed by atoms with Gasteiger partial charge >= 0.3 is 6.36 Å². The normalized spacial score (nSPS) is 15.5. The maximum absolute atomic E-state index is 12.8. The lowest BCUT2D eigenvalue weighted by Gasteiger charge is -2.21. The molecular formula is C20H18F3N3O4S2. The first-order chi connectivity index (χ1) is 15.2. The van der Waals surface area contributed by atoms with Crippen molar-refractivity contribution in [1.82, 2.24) is 9.97 Å². The summed E-state index contributed by atoms with van der Waals surface area (Å²) in [6.45, 7) is 1.22. The molecule has 3 aromatic rings. The van der Waals surface area contributed by atoms with Crippen LogP contribution in [0.25, 0.3) is 11.4 Å². The Morgan fingerprint density at radius 3 is 2.44 bits per heavy atom. The van der Waals surface area contributed by atoms with Gasteiger partial charge in [0.15, 0.2) is 5.13 Å². The predicted molar refractivity (Wildman–Crippen MR) is 112 cm³/mol. The molecule has 0 bridgehead atoms. The number of ether oxygens (including phenoxy) is 2. The van der Waals surface area contributed by atoms with Gasteiger partial charge in [0.2, 0.25) is 0 Å². The third-order valence-electron chi connectivity index (χ3n) is 4.74. The zero-order chi connectivity index (χ0) is 22.8. The summed E-state index contributed by atoms with van der Waals surface area (Å²) in [5.74, 6) is -0.347. The Balaban J connectivity index is 1.61. The molecule has 4 rings (SSSR count). The van der Waals surface area contributed by atoms with E-state index >= 15 is 0 Å². The number of hydrogen-bond acceptors (Lipinski definition) is 7. The van der Waals surface area contributed by atoms with Crippen molar-refractivity contribution in [2.45, 2.75) is 30.0 Å². The van der Waals surface area contributed by atoms with Crippen LogP contribution in [0.4, 0.5) is 18.3 Å². The van der Waals surface area contributed by atoms with Gasteiger partial charge in [0, 0.05) is 30.2 Å². The number of alkyl halides is 3. The molecule has 1 aliphatic heterocycles. The van der Waals surface area contributed by atoms with Crippen LogP contribution in [0, 0.1) is 0 Å². The minimum Gasteiger partial charge on any atom is -0.406 e. The maximum Gasteiger partial charge on any atom is 0.573 e. The molecule has 7 nitrogen and oxygen atoms in total. The van der Waals surface area contributed by atoms with Crippen molar-refractivity contribution >= 4 is 26.5 Å². The van der Waals surface area contributed by atoms with Crippen molar-refractivity contribution in [3.63, 3.8) is 0 Å². The van der Waals surface area contributed by atoms with E-state index in [0.717, 1.165) is 42.0 Å². The quantitative estimate of drug-likeness (QED) is 0.540. The first-order valence-electron chi connectivity index (χ1n) is 9.60. The Labute approximate surface area is 186 Å². The van der Waals surface area contributed by atoms with Crippen LogP contribution < -0.4 is 9.46 Å². The molecule has 1 N–H and O–H groups in total. The van der Waals surface area contributed by atoms with E-state index in [4.69, 9.17) is 4.74 Å². The van der Waals surface area contributed by atoms with Gasteiger partial charge in [-0.05, 0) is 49.2 Å².